The van der Waals surface area contributed by atoms with Crippen molar-refractivity contribution in [2.45, 2.75) is 46.3 Å². The molecule has 2 saturated heterocycles. The minimum atomic E-state index is 0.184. The molecule has 2 atom stereocenters. The molecule has 2 unspecified atom stereocenters. The van der Waals surface area contributed by atoms with Gasteiger partial charge in [-0.1, -0.05) is 20.8 Å². The van der Waals surface area contributed by atoms with Crippen LogP contribution in [0.4, 0.5) is 0 Å². The Kier molecular flexibility index (Phi) is 9.35. The van der Waals surface area contributed by atoms with Crippen molar-refractivity contribution >= 4 is 5.96 Å². The molecule has 170 valence electrons. The number of nitrogens with zero attached hydrogens (tertiary/aromatic N) is 5. The molecule has 0 amide bonds. The fourth-order valence-corrected chi connectivity index (χ4v) is 3.95. The molecular weight excluding hydrogens is 382 g/mol. The van der Waals surface area contributed by atoms with Crippen LogP contribution in [-0.2, 0) is 22.4 Å². The number of hydrogen-bond donors (Lipinski definition) is 2. The summed E-state index contributed by atoms with van der Waals surface area (Å²) in [5, 5.41) is 15.1. The van der Waals surface area contributed by atoms with Crippen LogP contribution in [0.25, 0.3) is 0 Å². The maximum absolute atomic E-state index is 5.98. The van der Waals surface area contributed by atoms with Crippen molar-refractivity contribution in [3.8, 4) is 0 Å². The number of aliphatic imine (C=N–C) groups is 1. The van der Waals surface area contributed by atoms with Gasteiger partial charge in [0.05, 0.1) is 19.3 Å². The van der Waals surface area contributed by atoms with Gasteiger partial charge in [0.15, 0.2) is 5.96 Å². The number of ether oxygens (including phenoxy) is 2. The van der Waals surface area contributed by atoms with Crippen LogP contribution < -0.4 is 10.6 Å². The van der Waals surface area contributed by atoms with Crippen molar-refractivity contribution in [1.29, 1.82) is 0 Å². The highest BCUT2D eigenvalue weighted by Crippen LogP contribution is 2.12. The minimum absolute atomic E-state index is 0.184. The molecule has 0 saturated carbocycles. The van der Waals surface area contributed by atoms with Crippen molar-refractivity contribution in [2.24, 2.45) is 16.8 Å². The maximum atomic E-state index is 5.98. The molecule has 30 heavy (non-hydrogen) atoms. The lowest BCUT2D eigenvalue weighted by atomic mass is 10.1. The number of hydrogen-bond acceptors (Lipinski definition) is 6. The predicted molar refractivity (Wildman–Crippen MR) is 118 cm³/mol. The van der Waals surface area contributed by atoms with Gasteiger partial charge in [0.2, 0.25) is 0 Å². The number of guanidine groups is 1. The molecule has 0 bridgehead atoms. The zero-order valence-corrected chi connectivity index (χ0v) is 18.8. The molecule has 0 radical (unpaired) electrons. The topological polar surface area (TPSA) is 88.8 Å². The highest BCUT2D eigenvalue weighted by Gasteiger charge is 2.21. The Labute approximate surface area is 180 Å². The van der Waals surface area contributed by atoms with E-state index < -0.39 is 0 Å². The molecule has 2 fully saturated rings. The van der Waals surface area contributed by atoms with E-state index in [0.29, 0.717) is 11.8 Å². The molecule has 3 rings (SSSR count). The van der Waals surface area contributed by atoms with Crippen molar-refractivity contribution in [3.63, 3.8) is 0 Å². The lowest BCUT2D eigenvalue weighted by molar-refractivity contribution is -0.0284. The average Bonchev–Trinajstić information content (AvgIpc) is 3.41. The SMILES string of the molecule is CCc1nncn1CCNC(=NCC1CCOC1)NCC1CN(CC(C)C)CCO1. The van der Waals surface area contributed by atoms with Gasteiger partial charge < -0.3 is 24.7 Å². The molecule has 0 spiro atoms. The first-order valence-electron chi connectivity index (χ1n) is 11.4. The molecule has 1 aromatic rings. The summed E-state index contributed by atoms with van der Waals surface area (Å²) in [6.07, 6.45) is 3.95. The van der Waals surface area contributed by atoms with Gasteiger partial charge in [0.25, 0.3) is 0 Å². The van der Waals surface area contributed by atoms with E-state index in [1.165, 1.54) is 0 Å². The summed E-state index contributed by atoms with van der Waals surface area (Å²) in [4.78, 5) is 7.32. The van der Waals surface area contributed by atoms with Crippen LogP contribution in [0.15, 0.2) is 11.3 Å². The first kappa shape index (κ1) is 23.0. The van der Waals surface area contributed by atoms with E-state index in [1.807, 2.05) is 0 Å². The van der Waals surface area contributed by atoms with Gasteiger partial charge in [0, 0.05) is 64.8 Å². The summed E-state index contributed by atoms with van der Waals surface area (Å²) in [7, 11) is 0. The molecule has 9 nitrogen and oxygen atoms in total. The van der Waals surface area contributed by atoms with Gasteiger partial charge in [0.1, 0.15) is 12.2 Å². The number of rotatable bonds is 10. The summed E-state index contributed by atoms with van der Waals surface area (Å²) in [6, 6.07) is 0. The Hall–Kier alpha value is -1.71. The fraction of sp³-hybridized carbons (Fsp3) is 0.857. The Morgan fingerprint density at radius 2 is 2.23 bits per heavy atom. The Morgan fingerprint density at radius 3 is 3.00 bits per heavy atom. The van der Waals surface area contributed by atoms with Gasteiger partial charge in [-0.3, -0.25) is 9.89 Å². The van der Waals surface area contributed by atoms with Crippen LogP contribution in [0, 0.1) is 11.8 Å². The molecular formula is C21H39N7O2. The van der Waals surface area contributed by atoms with E-state index in [9.17, 15) is 0 Å². The van der Waals surface area contributed by atoms with Gasteiger partial charge in [-0.25, -0.2) is 0 Å². The number of morpholine rings is 1. The van der Waals surface area contributed by atoms with Gasteiger partial charge in [-0.15, -0.1) is 10.2 Å². The summed E-state index contributed by atoms with van der Waals surface area (Å²) < 4.78 is 13.6. The summed E-state index contributed by atoms with van der Waals surface area (Å²) in [5.74, 6) is 3.04. The molecule has 3 heterocycles. The Balaban J connectivity index is 1.49. The van der Waals surface area contributed by atoms with Gasteiger partial charge in [-0.05, 0) is 12.3 Å². The van der Waals surface area contributed by atoms with E-state index >= 15 is 0 Å². The molecule has 0 aliphatic carbocycles. The van der Waals surface area contributed by atoms with Gasteiger partial charge in [-0.2, -0.15) is 0 Å². The lowest BCUT2D eigenvalue weighted by Gasteiger charge is -2.34. The van der Waals surface area contributed by atoms with Crippen molar-refractivity contribution < 1.29 is 9.47 Å². The Morgan fingerprint density at radius 1 is 1.33 bits per heavy atom. The highest BCUT2D eigenvalue weighted by molar-refractivity contribution is 5.79. The normalized spacial score (nSPS) is 23.3. The monoisotopic (exact) mass is 421 g/mol. The number of aromatic nitrogens is 3. The summed E-state index contributed by atoms with van der Waals surface area (Å²) in [6.45, 7) is 15.3. The van der Waals surface area contributed by atoms with Crippen LogP contribution in [0.3, 0.4) is 0 Å². The standard InChI is InChI=1S/C21H39N7O2/c1-4-20-26-25-16-28(20)7-6-22-21(23-11-18-5-9-29-15-18)24-12-19-14-27(8-10-30-19)13-17(2)3/h16-19H,4-15H2,1-3H3,(H2,22,23,24). The Bertz CT molecular complexity index is 643. The largest absolute Gasteiger partial charge is 0.381 e. The third-order valence-electron chi connectivity index (χ3n) is 5.53. The number of nitrogens with one attached hydrogen (secondary N) is 2. The predicted octanol–water partition coefficient (Wildman–Crippen LogP) is 0.769. The molecule has 2 aliphatic rings. The van der Waals surface area contributed by atoms with Crippen molar-refractivity contribution in [3.05, 3.63) is 12.2 Å². The highest BCUT2D eigenvalue weighted by atomic mass is 16.5. The first-order valence-corrected chi connectivity index (χ1v) is 11.4. The smallest absolute Gasteiger partial charge is 0.191 e. The van der Waals surface area contributed by atoms with Crippen LogP contribution in [0.2, 0.25) is 0 Å². The third kappa shape index (κ3) is 7.52. The molecule has 2 N–H and O–H groups in total. The van der Waals surface area contributed by atoms with Crippen LogP contribution in [0.5, 0.6) is 0 Å². The second-order valence-electron chi connectivity index (χ2n) is 8.67. The van der Waals surface area contributed by atoms with Crippen molar-refractivity contribution in [1.82, 2.24) is 30.3 Å². The molecule has 9 heteroatoms. The molecule has 0 aromatic carbocycles. The zero-order valence-electron chi connectivity index (χ0n) is 18.8. The third-order valence-corrected chi connectivity index (χ3v) is 5.53. The quantitative estimate of drug-likeness (QED) is 0.426. The van der Waals surface area contributed by atoms with Crippen LogP contribution in [-0.4, -0.2) is 90.8 Å². The zero-order chi connectivity index (χ0) is 21.2. The molecule has 2 aliphatic heterocycles. The van der Waals surface area contributed by atoms with E-state index in [4.69, 9.17) is 14.5 Å². The first-order chi connectivity index (χ1) is 14.6. The van der Waals surface area contributed by atoms with Gasteiger partial charge >= 0.3 is 0 Å². The van der Waals surface area contributed by atoms with E-state index in [0.717, 1.165) is 90.3 Å². The van der Waals surface area contributed by atoms with Crippen LogP contribution in [0.1, 0.15) is 33.0 Å². The maximum Gasteiger partial charge on any atom is 0.191 e. The second kappa shape index (κ2) is 12.2. The van der Waals surface area contributed by atoms with E-state index in [1.54, 1.807) is 6.33 Å². The lowest BCUT2D eigenvalue weighted by Crippen LogP contribution is -2.50. The molecule has 1 aromatic heterocycles. The van der Waals surface area contributed by atoms with Crippen LogP contribution >= 0.6 is 0 Å². The minimum Gasteiger partial charge on any atom is -0.381 e. The summed E-state index contributed by atoms with van der Waals surface area (Å²) >= 11 is 0. The van der Waals surface area contributed by atoms with Crippen molar-refractivity contribution in [2.75, 3.05) is 59.1 Å². The fourth-order valence-electron chi connectivity index (χ4n) is 3.95. The average molecular weight is 422 g/mol. The van der Waals surface area contributed by atoms with E-state index in [-0.39, 0.29) is 6.10 Å². The van der Waals surface area contributed by atoms with E-state index in [2.05, 4.69) is 51.1 Å². The second-order valence-corrected chi connectivity index (χ2v) is 8.67. The number of aryl methyl sites for hydroxylation is 1. The summed E-state index contributed by atoms with van der Waals surface area (Å²) in [5.41, 5.74) is 0.